The number of carbonyl (C=O) groups excluding carboxylic acids is 1. The molecule has 1 amide bonds. The van der Waals surface area contributed by atoms with Gasteiger partial charge >= 0.3 is 6.09 Å². The third-order valence-corrected chi connectivity index (χ3v) is 3.60. The van der Waals surface area contributed by atoms with Crippen LogP contribution in [0.25, 0.3) is 22.2 Å². The predicted molar refractivity (Wildman–Crippen MR) is 90.6 cm³/mol. The number of amides is 1. The summed E-state index contributed by atoms with van der Waals surface area (Å²) in [6.45, 7) is 1.89. The van der Waals surface area contributed by atoms with Gasteiger partial charge in [-0.05, 0) is 19.1 Å². The Labute approximate surface area is 141 Å². The van der Waals surface area contributed by atoms with Gasteiger partial charge in [0.1, 0.15) is 0 Å². The van der Waals surface area contributed by atoms with Crippen molar-refractivity contribution in [3.05, 3.63) is 64.3 Å². The van der Waals surface area contributed by atoms with E-state index in [2.05, 4.69) is 10.3 Å². The van der Waals surface area contributed by atoms with Gasteiger partial charge in [-0.1, -0.05) is 18.2 Å². The monoisotopic (exact) mass is 344 g/mol. The lowest BCUT2D eigenvalue weighted by Gasteiger charge is -2.12. The van der Waals surface area contributed by atoms with Crippen molar-refractivity contribution in [2.24, 2.45) is 0 Å². The van der Waals surface area contributed by atoms with Gasteiger partial charge in [0.05, 0.1) is 23.5 Å². The van der Waals surface area contributed by atoms with Crippen LogP contribution in [0, 0.1) is 11.6 Å². The van der Waals surface area contributed by atoms with Crippen LogP contribution in [0.2, 0.25) is 0 Å². The highest BCUT2D eigenvalue weighted by Crippen LogP contribution is 2.27. The molecular weight excluding hydrogens is 330 g/mol. The Bertz CT molecular complexity index is 1010. The number of ether oxygens (including phenoxy) is 1. The molecule has 0 atom stereocenters. The summed E-state index contributed by atoms with van der Waals surface area (Å²) >= 11 is 0. The van der Waals surface area contributed by atoms with Crippen LogP contribution in [0.5, 0.6) is 0 Å². The van der Waals surface area contributed by atoms with Crippen LogP contribution in [-0.2, 0) is 4.74 Å². The maximum Gasteiger partial charge on any atom is 0.411 e. The molecule has 0 saturated heterocycles. The van der Waals surface area contributed by atoms with Crippen LogP contribution < -0.4 is 10.7 Å². The zero-order valence-corrected chi connectivity index (χ0v) is 13.2. The van der Waals surface area contributed by atoms with E-state index in [1.54, 1.807) is 31.2 Å². The van der Waals surface area contributed by atoms with Gasteiger partial charge in [-0.3, -0.25) is 10.1 Å². The van der Waals surface area contributed by atoms with Crippen LogP contribution in [0.1, 0.15) is 6.92 Å². The number of carbonyl (C=O) groups is 1. The third-order valence-electron chi connectivity index (χ3n) is 3.60. The van der Waals surface area contributed by atoms with Crippen molar-refractivity contribution >= 4 is 22.7 Å². The molecule has 1 heterocycles. The first-order valence-electron chi connectivity index (χ1n) is 7.55. The number of para-hydroxylation sites is 1. The molecule has 0 radical (unpaired) electrons. The van der Waals surface area contributed by atoms with Gasteiger partial charge in [-0.2, -0.15) is 0 Å². The largest absolute Gasteiger partial charge is 0.450 e. The van der Waals surface area contributed by atoms with E-state index in [0.717, 1.165) is 12.1 Å². The average molecular weight is 344 g/mol. The summed E-state index contributed by atoms with van der Waals surface area (Å²) in [5.74, 6) is -2.15. The summed E-state index contributed by atoms with van der Waals surface area (Å²) in [5.41, 5.74) is 0.981. The van der Waals surface area contributed by atoms with E-state index in [1.165, 1.54) is 6.07 Å². The van der Waals surface area contributed by atoms with Crippen LogP contribution in [0.4, 0.5) is 19.3 Å². The summed E-state index contributed by atoms with van der Waals surface area (Å²) in [5, 5.41) is 2.62. The highest BCUT2D eigenvalue weighted by atomic mass is 19.2. The normalized spacial score (nSPS) is 10.7. The first-order chi connectivity index (χ1) is 12.0. The Balaban J connectivity index is 2.12. The van der Waals surface area contributed by atoms with Crippen LogP contribution in [0.15, 0.2) is 47.3 Å². The maximum absolute atomic E-state index is 13.5. The maximum atomic E-state index is 13.5. The van der Waals surface area contributed by atoms with Crippen LogP contribution >= 0.6 is 0 Å². The van der Waals surface area contributed by atoms with Crippen molar-refractivity contribution in [3.63, 3.8) is 0 Å². The van der Waals surface area contributed by atoms with Gasteiger partial charge in [0.15, 0.2) is 17.1 Å². The second kappa shape index (κ2) is 6.72. The highest BCUT2D eigenvalue weighted by Gasteiger charge is 2.13. The van der Waals surface area contributed by atoms with Crippen molar-refractivity contribution in [2.75, 3.05) is 11.9 Å². The molecule has 0 saturated carbocycles. The van der Waals surface area contributed by atoms with Gasteiger partial charge in [-0.15, -0.1) is 0 Å². The lowest BCUT2D eigenvalue weighted by molar-refractivity contribution is 0.168. The highest BCUT2D eigenvalue weighted by molar-refractivity contribution is 5.92. The lowest BCUT2D eigenvalue weighted by atomic mass is 10.1. The number of rotatable bonds is 3. The molecule has 0 aliphatic carbocycles. The standard InChI is InChI=1S/C18H14F2N2O3/c1-2-25-18(24)22-14-6-4-3-5-10(14)16-9-17(23)11-7-12(19)13(20)8-15(11)21-16/h3-9H,2H2,1H3,(H,21,23)(H,22,24). The Morgan fingerprint density at radius 2 is 1.88 bits per heavy atom. The minimum Gasteiger partial charge on any atom is -0.450 e. The molecule has 3 aromatic rings. The van der Waals surface area contributed by atoms with E-state index in [1.807, 2.05) is 0 Å². The number of fused-ring (bicyclic) bond motifs is 1. The molecule has 5 nitrogen and oxygen atoms in total. The van der Waals surface area contributed by atoms with Crippen molar-refractivity contribution in [1.29, 1.82) is 0 Å². The molecule has 0 unspecified atom stereocenters. The fourth-order valence-electron chi connectivity index (χ4n) is 2.49. The topological polar surface area (TPSA) is 71.2 Å². The average Bonchev–Trinajstić information content (AvgIpc) is 2.57. The summed E-state index contributed by atoms with van der Waals surface area (Å²) in [6, 6.07) is 9.80. The van der Waals surface area contributed by atoms with E-state index in [4.69, 9.17) is 4.74 Å². The molecule has 0 fully saturated rings. The number of halogens is 2. The van der Waals surface area contributed by atoms with Gasteiger partial charge in [0, 0.05) is 23.1 Å². The Morgan fingerprint density at radius 1 is 1.16 bits per heavy atom. The summed E-state index contributed by atoms with van der Waals surface area (Å²) in [7, 11) is 0. The number of hydrogen-bond donors (Lipinski definition) is 2. The number of benzene rings is 2. The first-order valence-corrected chi connectivity index (χ1v) is 7.55. The van der Waals surface area contributed by atoms with E-state index in [-0.39, 0.29) is 17.5 Å². The quantitative estimate of drug-likeness (QED) is 0.753. The molecule has 1 aromatic heterocycles. The first kappa shape index (κ1) is 16.6. The number of anilines is 1. The van der Waals surface area contributed by atoms with E-state index in [9.17, 15) is 18.4 Å². The van der Waals surface area contributed by atoms with Crippen LogP contribution in [-0.4, -0.2) is 17.7 Å². The molecule has 7 heteroatoms. The number of aromatic amines is 1. The minimum atomic E-state index is -1.09. The molecule has 0 bridgehead atoms. The molecule has 0 spiro atoms. The van der Waals surface area contributed by atoms with Crippen molar-refractivity contribution < 1.29 is 18.3 Å². The van der Waals surface area contributed by atoms with Crippen molar-refractivity contribution in [3.8, 4) is 11.3 Å². The molecule has 2 N–H and O–H groups in total. The second-order valence-corrected chi connectivity index (χ2v) is 5.25. The van der Waals surface area contributed by atoms with Crippen molar-refractivity contribution in [1.82, 2.24) is 4.98 Å². The molecule has 0 aliphatic rings. The number of pyridine rings is 1. The number of hydrogen-bond acceptors (Lipinski definition) is 3. The Kier molecular flexibility index (Phi) is 4.47. The molecule has 3 rings (SSSR count). The van der Waals surface area contributed by atoms with Crippen molar-refractivity contribution in [2.45, 2.75) is 6.92 Å². The fourth-order valence-corrected chi connectivity index (χ4v) is 2.49. The summed E-state index contributed by atoms with van der Waals surface area (Å²) in [6.07, 6.45) is -0.633. The van der Waals surface area contributed by atoms with Gasteiger partial charge in [0.25, 0.3) is 0 Å². The Morgan fingerprint density at radius 3 is 2.64 bits per heavy atom. The molecular formula is C18H14F2N2O3. The SMILES string of the molecule is CCOC(=O)Nc1ccccc1-c1cc(=O)c2cc(F)c(F)cc2[nH]1. The number of H-pyrrole nitrogens is 1. The van der Waals surface area contributed by atoms with E-state index < -0.39 is 23.2 Å². The fraction of sp³-hybridized carbons (Fsp3) is 0.111. The van der Waals surface area contributed by atoms with Gasteiger partial charge in [-0.25, -0.2) is 13.6 Å². The number of aromatic nitrogens is 1. The molecule has 2 aromatic carbocycles. The zero-order chi connectivity index (χ0) is 18.0. The number of nitrogens with one attached hydrogen (secondary N) is 2. The van der Waals surface area contributed by atoms with Gasteiger partial charge in [0.2, 0.25) is 0 Å². The molecule has 0 aliphatic heterocycles. The Hall–Kier alpha value is -3.22. The third kappa shape index (κ3) is 3.35. The molecule has 128 valence electrons. The molecule has 25 heavy (non-hydrogen) atoms. The van der Waals surface area contributed by atoms with Gasteiger partial charge < -0.3 is 9.72 Å². The predicted octanol–water partition coefficient (Wildman–Crippen LogP) is 4.04. The smallest absolute Gasteiger partial charge is 0.411 e. The van der Waals surface area contributed by atoms with E-state index >= 15 is 0 Å². The summed E-state index contributed by atoms with van der Waals surface area (Å²) in [4.78, 5) is 26.8. The van der Waals surface area contributed by atoms with Crippen LogP contribution in [0.3, 0.4) is 0 Å². The zero-order valence-electron chi connectivity index (χ0n) is 13.2. The lowest BCUT2D eigenvalue weighted by Crippen LogP contribution is -2.14. The second-order valence-electron chi connectivity index (χ2n) is 5.25. The summed E-state index contributed by atoms with van der Waals surface area (Å²) < 4.78 is 31.7. The minimum absolute atomic E-state index is 0.0403. The van der Waals surface area contributed by atoms with E-state index in [0.29, 0.717) is 16.9 Å².